The smallest absolute Gasteiger partial charge is 0.334 e. The number of ether oxygens (including phenoxy) is 2. The van der Waals surface area contributed by atoms with E-state index >= 15 is 0 Å². The fourth-order valence-corrected chi connectivity index (χ4v) is 2.84. The predicted octanol–water partition coefficient (Wildman–Crippen LogP) is 2.91. The minimum atomic E-state index is -0.958. The summed E-state index contributed by atoms with van der Waals surface area (Å²) in [4.78, 5) is 23.3. The largest absolute Gasteiger partial charge is 0.481 e. The van der Waals surface area contributed by atoms with Crippen molar-refractivity contribution in [3.05, 3.63) is 54.3 Å². The maximum absolute atomic E-state index is 12.4. The van der Waals surface area contributed by atoms with Gasteiger partial charge >= 0.3 is 5.97 Å². The molecule has 28 heavy (non-hydrogen) atoms. The number of esters is 1. The second kappa shape index (κ2) is 12.7. The quantitative estimate of drug-likeness (QED) is 0.743. The zero-order valence-corrected chi connectivity index (χ0v) is 17.2. The van der Waals surface area contributed by atoms with Crippen LogP contribution in [0.3, 0.4) is 0 Å². The number of likely N-dealkylation sites (N-methyl/N-ethyl adjacent to an activating group) is 1. The molecule has 1 aliphatic heterocycles. The van der Waals surface area contributed by atoms with Crippen LogP contribution in [0.25, 0.3) is 6.08 Å². The number of benzene rings is 1. The van der Waals surface area contributed by atoms with Crippen LogP contribution in [0.2, 0.25) is 0 Å². The van der Waals surface area contributed by atoms with E-state index in [0.29, 0.717) is 12.2 Å². The lowest BCUT2D eigenvalue weighted by atomic mass is 9.91. The number of carboxylic acid groups (broad SMARTS) is 1. The first-order chi connectivity index (χ1) is 13.3. The third kappa shape index (κ3) is 6.51. The SMILES string of the molecule is C=C1OC(CC)N(C)C1(C/C=C/c1ccccc1)C(=O)OC.CC(=O)O.CO. The molecule has 1 heterocycles. The molecule has 0 radical (unpaired) electrons. The Bertz CT molecular complexity index is 654. The number of methoxy groups -OCH3 is 1. The summed E-state index contributed by atoms with van der Waals surface area (Å²) in [5.41, 5.74) is 0.127. The van der Waals surface area contributed by atoms with E-state index in [-0.39, 0.29) is 12.2 Å². The molecule has 0 aliphatic carbocycles. The van der Waals surface area contributed by atoms with Crippen LogP contribution in [0.1, 0.15) is 32.3 Å². The zero-order valence-electron chi connectivity index (χ0n) is 17.2. The van der Waals surface area contributed by atoms with Crippen molar-refractivity contribution in [2.75, 3.05) is 21.3 Å². The first-order valence-corrected chi connectivity index (χ1v) is 8.82. The van der Waals surface area contributed by atoms with E-state index in [1.54, 1.807) is 0 Å². The Morgan fingerprint density at radius 2 is 1.86 bits per heavy atom. The number of aliphatic hydroxyl groups excluding tert-OH is 1. The van der Waals surface area contributed by atoms with Crippen LogP contribution in [0, 0.1) is 0 Å². The molecule has 0 spiro atoms. The standard InChI is InChI=1S/C18H23NO3.C2H4O2.CH4O/c1-5-16-19(3)18(14(2)22-16,17(20)21-4)13-9-12-15-10-7-6-8-11-15;1-2(3)4;1-2/h6-12,16H,2,5,13H2,1,3-4H3;1H3,(H,3,4);2H,1H3/b12-9+;;. The summed E-state index contributed by atoms with van der Waals surface area (Å²) in [7, 11) is 4.27. The summed E-state index contributed by atoms with van der Waals surface area (Å²) in [5.74, 6) is -0.722. The highest BCUT2D eigenvalue weighted by atomic mass is 16.6. The molecule has 1 aromatic carbocycles. The van der Waals surface area contributed by atoms with Gasteiger partial charge in [0.15, 0.2) is 11.8 Å². The van der Waals surface area contributed by atoms with Gasteiger partial charge in [-0.1, -0.05) is 56.0 Å². The lowest BCUT2D eigenvalue weighted by Gasteiger charge is -2.31. The molecule has 1 aliphatic rings. The van der Waals surface area contributed by atoms with Gasteiger partial charge in [-0.3, -0.25) is 4.79 Å². The number of aliphatic hydroxyl groups is 1. The van der Waals surface area contributed by atoms with Crippen molar-refractivity contribution in [3.8, 4) is 0 Å². The fraction of sp³-hybridized carbons (Fsp3) is 0.429. The maximum atomic E-state index is 12.4. The van der Waals surface area contributed by atoms with Gasteiger partial charge in [-0.25, -0.2) is 9.69 Å². The molecule has 0 bridgehead atoms. The van der Waals surface area contributed by atoms with E-state index in [1.165, 1.54) is 7.11 Å². The number of hydrogen-bond acceptors (Lipinski definition) is 6. The summed E-state index contributed by atoms with van der Waals surface area (Å²) < 4.78 is 10.8. The molecule has 2 atom stereocenters. The number of hydrogen-bond donors (Lipinski definition) is 2. The van der Waals surface area contributed by atoms with Crippen LogP contribution >= 0.6 is 0 Å². The molecule has 0 aromatic heterocycles. The molecule has 2 unspecified atom stereocenters. The summed E-state index contributed by atoms with van der Waals surface area (Å²) in [6.45, 7) is 7.05. The van der Waals surface area contributed by atoms with E-state index in [9.17, 15) is 4.79 Å². The molecule has 0 saturated carbocycles. The molecule has 0 amide bonds. The van der Waals surface area contributed by atoms with Crippen molar-refractivity contribution in [1.82, 2.24) is 4.90 Å². The summed E-state index contributed by atoms with van der Waals surface area (Å²) >= 11 is 0. The van der Waals surface area contributed by atoms with Crippen molar-refractivity contribution in [1.29, 1.82) is 0 Å². The van der Waals surface area contributed by atoms with E-state index in [2.05, 4.69) is 6.58 Å². The highest BCUT2D eigenvalue weighted by Gasteiger charge is 2.54. The van der Waals surface area contributed by atoms with Crippen LogP contribution < -0.4 is 0 Å². The molecule has 156 valence electrons. The van der Waals surface area contributed by atoms with Crippen LogP contribution in [0.4, 0.5) is 0 Å². The number of carboxylic acids is 1. The molecule has 7 nitrogen and oxygen atoms in total. The van der Waals surface area contributed by atoms with Gasteiger partial charge in [0.1, 0.15) is 5.76 Å². The van der Waals surface area contributed by atoms with Crippen LogP contribution in [0.5, 0.6) is 0 Å². The third-order valence-corrected chi connectivity index (χ3v) is 4.17. The Balaban J connectivity index is 0.00000108. The molecule has 1 saturated heterocycles. The summed E-state index contributed by atoms with van der Waals surface area (Å²) in [6, 6.07) is 9.96. The van der Waals surface area contributed by atoms with Gasteiger partial charge in [0.25, 0.3) is 5.97 Å². The monoisotopic (exact) mass is 393 g/mol. The van der Waals surface area contributed by atoms with Gasteiger partial charge in [-0.15, -0.1) is 0 Å². The number of carbonyl (C=O) groups is 2. The first-order valence-electron chi connectivity index (χ1n) is 8.82. The number of rotatable bonds is 5. The van der Waals surface area contributed by atoms with Crippen LogP contribution in [-0.4, -0.2) is 60.1 Å². The molecule has 2 N–H and O–H groups in total. The third-order valence-electron chi connectivity index (χ3n) is 4.17. The minimum absolute atomic E-state index is 0.156. The predicted molar refractivity (Wildman–Crippen MR) is 108 cm³/mol. The van der Waals surface area contributed by atoms with Gasteiger partial charge in [0, 0.05) is 20.5 Å². The summed E-state index contributed by atoms with van der Waals surface area (Å²) in [6.07, 6.45) is 5.04. The van der Waals surface area contributed by atoms with Crippen molar-refractivity contribution in [2.45, 2.75) is 38.5 Å². The zero-order chi connectivity index (χ0) is 21.7. The van der Waals surface area contributed by atoms with Gasteiger partial charge < -0.3 is 19.7 Å². The Labute approximate surface area is 166 Å². The minimum Gasteiger partial charge on any atom is -0.481 e. The molecular formula is C21H31NO6. The molecule has 1 fully saturated rings. The van der Waals surface area contributed by atoms with E-state index in [1.807, 2.05) is 61.4 Å². The summed E-state index contributed by atoms with van der Waals surface area (Å²) in [5, 5.41) is 14.4. The van der Waals surface area contributed by atoms with Crippen LogP contribution in [0.15, 0.2) is 48.7 Å². The molecule has 7 heteroatoms. The number of carbonyl (C=O) groups excluding carboxylic acids is 1. The maximum Gasteiger partial charge on any atom is 0.334 e. The van der Waals surface area contributed by atoms with Gasteiger partial charge in [-0.05, 0) is 19.0 Å². The fourth-order valence-electron chi connectivity index (χ4n) is 2.84. The van der Waals surface area contributed by atoms with Crippen molar-refractivity contribution >= 4 is 18.0 Å². The lowest BCUT2D eigenvalue weighted by Crippen LogP contribution is -2.52. The number of nitrogens with zero attached hydrogens (tertiary/aromatic N) is 1. The molecular weight excluding hydrogens is 362 g/mol. The van der Waals surface area contributed by atoms with Crippen LogP contribution in [-0.2, 0) is 19.1 Å². The highest BCUT2D eigenvalue weighted by Crippen LogP contribution is 2.39. The van der Waals surface area contributed by atoms with Gasteiger partial charge in [0.2, 0.25) is 0 Å². The first kappa shape index (κ1) is 25.4. The van der Waals surface area contributed by atoms with E-state index in [4.69, 9.17) is 24.5 Å². The molecule has 1 aromatic rings. The Kier molecular flexibility index (Phi) is 11.5. The normalized spacial score (nSPS) is 21.1. The van der Waals surface area contributed by atoms with Crippen molar-refractivity contribution < 1.29 is 29.3 Å². The van der Waals surface area contributed by atoms with Crippen molar-refractivity contribution in [2.24, 2.45) is 0 Å². The van der Waals surface area contributed by atoms with Gasteiger partial charge in [-0.2, -0.15) is 0 Å². The number of aliphatic carboxylic acids is 1. The average Bonchev–Trinajstić information content (AvgIpc) is 2.94. The van der Waals surface area contributed by atoms with E-state index in [0.717, 1.165) is 26.0 Å². The van der Waals surface area contributed by atoms with E-state index < -0.39 is 11.5 Å². The lowest BCUT2D eigenvalue weighted by molar-refractivity contribution is -0.151. The Morgan fingerprint density at radius 3 is 2.29 bits per heavy atom. The average molecular weight is 393 g/mol. The second-order valence-corrected chi connectivity index (χ2v) is 5.90. The Hall–Kier alpha value is -2.64. The molecule has 2 rings (SSSR count). The Morgan fingerprint density at radius 1 is 1.32 bits per heavy atom. The van der Waals surface area contributed by atoms with Crippen molar-refractivity contribution in [3.63, 3.8) is 0 Å². The second-order valence-electron chi connectivity index (χ2n) is 5.90. The highest BCUT2D eigenvalue weighted by molar-refractivity contribution is 5.85. The van der Waals surface area contributed by atoms with Gasteiger partial charge in [0.05, 0.1) is 7.11 Å². The topological polar surface area (TPSA) is 96.3 Å².